The van der Waals surface area contributed by atoms with E-state index in [1.54, 1.807) is 0 Å². The molecule has 0 spiro atoms. The Kier molecular flexibility index (Phi) is 8.51. The van der Waals surface area contributed by atoms with Crippen LogP contribution in [-0.2, 0) is 11.3 Å². The minimum atomic E-state index is 0. The summed E-state index contributed by atoms with van der Waals surface area (Å²) < 4.78 is 0. The second-order valence-corrected chi connectivity index (χ2v) is 8.12. The van der Waals surface area contributed by atoms with Crippen molar-refractivity contribution < 1.29 is 4.79 Å². The number of halogens is 1. The van der Waals surface area contributed by atoms with Gasteiger partial charge in [-0.15, -0.1) is 24.0 Å². The number of carbonyl (C=O) groups excluding carboxylic acids is 1. The number of rotatable bonds is 6. The standard InChI is InChI=1S/C25H29N5O.HI/c1-2-27-25(28-17-20-11-9-19(16-26)10-12-20)30-18-21(22-6-3-4-7-23(22)30)13-15-29-14-5-8-24(29)31;/h3-4,6-7,9-12,21H,2,5,8,13-15,17-18H2,1H3,(H,27,28);1H. The van der Waals surface area contributed by atoms with Crippen molar-refractivity contribution in [2.75, 3.05) is 31.1 Å². The third-order valence-corrected chi connectivity index (χ3v) is 6.07. The zero-order chi connectivity index (χ0) is 21.6. The molecular weight excluding hydrogens is 513 g/mol. The van der Waals surface area contributed by atoms with Crippen LogP contribution in [0.3, 0.4) is 0 Å². The van der Waals surface area contributed by atoms with Gasteiger partial charge >= 0.3 is 0 Å². The van der Waals surface area contributed by atoms with Crippen molar-refractivity contribution >= 4 is 41.5 Å². The second kappa shape index (κ2) is 11.3. The van der Waals surface area contributed by atoms with Crippen molar-refractivity contribution in [2.24, 2.45) is 4.99 Å². The SMILES string of the molecule is CCNC(=NCc1ccc(C#N)cc1)N1CC(CCN2CCCC2=O)c2ccccc21.I. The van der Waals surface area contributed by atoms with E-state index < -0.39 is 0 Å². The van der Waals surface area contributed by atoms with Crippen molar-refractivity contribution in [1.29, 1.82) is 5.26 Å². The molecule has 0 radical (unpaired) electrons. The van der Waals surface area contributed by atoms with Crippen molar-refractivity contribution in [2.45, 2.75) is 38.6 Å². The zero-order valence-corrected chi connectivity index (χ0v) is 20.8. The number of likely N-dealkylation sites (tertiary alicyclic amines) is 1. The first-order chi connectivity index (χ1) is 15.2. The maximum Gasteiger partial charge on any atom is 0.222 e. The Morgan fingerprint density at radius 3 is 2.69 bits per heavy atom. The molecular formula is C25H30IN5O. The number of nitrogens with one attached hydrogen (secondary N) is 1. The number of aliphatic imine (C=N–C) groups is 1. The molecule has 4 rings (SSSR count). The van der Waals surface area contributed by atoms with Crippen LogP contribution >= 0.6 is 24.0 Å². The number of nitrogens with zero attached hydrogens (tertiary/aromatic N) is 4. The molecule has 1 N–H and O–H groups in total. The van der Waals surface area contributed by atoms with E-state index in [0.29, 0.717) is 30.4 Å². The normalized spacial score (nSPS) is 17.7. The van der Waals surface area contributed by atoms with Crippen LogP contribution in [0.5, 0.6) is 0 Å². The smallest absolute Gasteiger partial charge is 0.222 e. The minimum Gasteiger partial charge on any atom is -0.356 e. The molecule has 2 aromatic carbocycles. The minimum absolute atomic E-state index is 0. The molecule has 7 heteroatoms. The maximum absolute atomic E-state index is 12.0. The van der Waals surface area contributed by atoms with Crippen LogP contribution in [0.1, 0.15) is 48.8 Å². The quantitative estimate of drug-likeness (QED) is 0.336. The molecule has 0 bridgehead atoms. The first-order valence-corrected chi connectivity index (χ1v) is 11.1. The molecule has 2 aromatic rings. The van der Waals surface area contributed by atoms with Gasteiger partial charge in [0.2, 0.25) is 5.91 Å². The number of benzene rings is 2. The average molecular weight is 543 g/mol. The number of fused-ring (bicyclic) bond motifs is 1. The zero-order valence-electron chi connectivity index (χ0n) is 18.5. The Morgan fingerprint density at radius 1 is 1.22 bits per heavy atom. The fourth-order valence-corrected chi connectivity index (χ4v) is 4.44. The number of guanidine groups is 1. The van der Waals surface area contributed by atoms with E-state index in [-0.39, 0.29) is 24.0 Å². The molecule has 1 unspecified atom stereocenters. The van der Waals surface area contributed by atoms with Gasteiger partial charge in [0.05, 0.1) is 18.2 Å². The predicted molar refractivity (Wildman–Crippen MR) is 138 cm³/mol. The molecule has 32 heavy (non-hydrogen) atoms. The molecule has 6 nitrogen and oxygen atoms in total. The van der Waals surface area contributed by atoms with Crippen LogP contribution in [-0.4, -0.2) is 42.9 Å². The van der Waals surface area contributed by atoms with Crippen molar-refractivity contribution in [1.82, 2.24) is 10.2 Å². The third kappa shape index (κ3) is 5.41. The van der Waals surface area contributed by atoms with Gasteiger partial charge < -0.3 is 15.1 Å². The highest BCUT2D eigenvalue weighted by Gasteiger charge is 2.32. The molecule has 2 aliphatic heterocycles. The lowest BCUT2D eigenvalue weighted by molar-refractivity contribution is -0.127. The monoisotopic (exact) mass is 543 g/mol. The lowest BCUT2D eigenvalue weighted by Crippen LogP contribution is -2.41. The topological polar surface area (TPSA) is 71.7 Å². The van der Waals surface area contributed by atoms with Crippen LogP contribution in [0.2, 0.25) is 0 Å². The lowest BCUT2D eigenvalue weighted by Gasteiger charge is -2.23. The summed E-state index contributed by atoms with van der Waals surface area (Å²) in [6.45, 7) is 6.00. The second-order valence-electron chi connectivity index (χ2n) is 8.12. The van der Waals surface area contributed by atoms with Gasteiger partial charge in [-0.1, -0.05) is 30.3 Å². The third-order valence-electron chi connectivity index (χ3n) is 6.07. The number of carbonyl (C=O) groups is 1. The van der Waals surface area contributed by atoms with E-state index in [9.17, 15) is 4.79 Å². The molecule has 168 valence electrons. The summed E-state index contributed by atoms with van der Waals surface area (Å²) in [5, 5.41) is 12.4. The molecule has 1 fully saturated rings. The van der Waals surface area contributed by atoms with E-state index in [0.717, 1.165) is 50.5 Å². The summed E-state index contributed by atoms with van der Waals surface area (Å²) in [5.41, 5.74) is 4.26. The van der Waals surface area contributed by atoms with E-state index in [2.05, 4.69) is 47.5 Å². The summed E-state index contributed by atoms with van der Waals surface area (Å²) in [5.74, 6) is 1.54. The summed E-state index contributed by atoms with van der Waals surface area (Å²) in [6, 6.07) is 18.3. The highest BCUT2D eigenvalue weighted by Crippen LogP contribution is 2.38. The van der Waals surface area contributed by atoms with Crippen LogP contribution in [0.15, 0.2) is 53.5 Å². The van der Waals surface area contributed by atoms with Gasteiger partial charge in [-0.25, -0.2) is 4.99 Å². The number of amides is 1. The molecule has 0 aromatic heterocycles. The Morgan fingerprint density at radius 2 is 2.00 bits per heavy atom. The van der Waals surface area contributed by atoms with Crippen LogP contribution in [0, 0.1) is 11.3 Å². The number of hydrogen-bond acceptors (Lipinski definition) is 3. The van der Waals surface area contributed by atoms with Gasteiger partial charge in [0, 0.05) is 44.2 Å². The van der Waals surface area contributed by atoms with Gasteiger partial charge in [0.15, 0.2) is 5.96 Å². The Hall–Kier alpha value is -2.60. The fraction of sp³-hybridized carbons (Fsp3) is 0.400. The van der Waals surface area contributed by atoms with E-state index >= 15 is 0 Å². The Bertz CT molecular complexity index is 998. The highest BCUT2D eigenvalue weighted by molar-refractivity contribution is 14.0. The average Bonchev–Trinajstić information content (AvgIpc) is 3.38. The molecule has 2 aliphatic rings. The van der Waals surface area contributed by atoms with Crippen LogP contribution < -0.4 is 10.2 Å². The number of hydrogen-bond donors (Lipinski definition) is 1. The molecule has 0 aliphatic carbocycles. The van der Waals surface area contributed by atoms with Crippen LogP contribution in [0.4, 0.5) is 5.69 Å². The fourth-order valence-electron chi connectivity index (χ4n) is 4.44. The largest absolute Gasteiger partial charge is 0.356 e. The summed E-state index contributed by atoms with van der Waals surface area (Å²) in [6.07, 6.45) is 2.65. The van der Waals surface area contributed by atoms with Gasteiger partial charge in [-0.2, -0.15) is 5.26 Å². The van der Waals surface area contributed by atoms with Crippen molar-refractivity contribution in [3.8, 4) is 6.07 Å². The molecule has 2 heterocycles. The van der Waals surface area contributed by atoms with E-state index in [1.165, 1.54) is 11.3 Å². The predicted octanol–water partition coefficient (Wildman–Crippen LogP) is 4.26. The van der Waals surface area contributed by atoms with Gasteiger partial charge in [0.1, 0.15) is 0 Å². The Balaban J connectivity index is 0.00000289. The molecule has 1 saturated heterocycles. The van der Waals surface area contributed by atoms with Crippen molar-refractivity contribution in [3.05, 3.63) is 65.2 Å². The first-order valence-electron chi connectivity index (χ1n) is 11.1. The molecule has 1 amide bonds. The van der Waals surface area contributed by atoms with E-state index in [1.807, 2.05) is 29.2 Å². The molecule has 0 saturated carbocycles. The summed E-state index contributed by atoms with van der Waals surface area (Å²) >= 11 is 0. The molecule has 1 atom stereocenters. The van der Waals surface area contributed by atoms with Gasteiger partial charge in [-0.05, 0) is 49.1 Å². The lowest BCUT2D eigenvalue weighted by atomic mass is 9.98. The van der Waals surface area contributed by atoms with Gasteiger partial charge in [-0.3, -0.25) is 4.79 Å². The first kappa shape index (κ1) is 24.1. The highest BCUT2D eigenvalue weighted by atomic mass is 127. The van der Waals surface area contributed by atoms with E-state index in [4.69, 9.17) is 10.3 Å². The van der Waals surface area contributed by atoms with Gasteiger partial charge in [0.25, 0.3) is 0 Å². The van der Waals surface area contributed by atoms with Crippen LogP contribution in [0.25, 0.3) is 0 Å². The number of nitriles is 1. The number of anilines is 1. The Labute approximate surface area is 207 Å². The summed E-state index contributed by atoms with van der Waals surface area (Å²) in [7, 11) is 0. The maximum atomic E-state index is 12.0. The summed E-state index contributed by atoms with van der Waals surface area (Å²) in [4.78, 5) is 21.2. The number of para-hydroxylation sites is 1. The van der Waals surface area contributed by atoms with Crippen molar-refractivity contribution in [3.63, 3.8) is 0 Å².